The molecule has 1 fully saturated rings. The molecule has 1 aliphatic carbocycles. The Morgan fingerprint density at radius 2 is 2.18 bits per heavy atom. The van der Waals surface area contributed by atoms with E-state index in [0.717, 1.165) is 30.4 Å². The molecule has 0 saturated heterocycles. The molecule has 4 heteroatoms. The second kappa shape index (κ2) is 4.39. The largest absolute Gasteiger partial charge is 0.504 e. The van der Waals surface area contributed by atoms with Crippen molar-refractivity contribution in [2.75, 3.05) is 13.7 Å². The summed E-state index contributed by atoms with van der Waals surface area (Å²) >= 11 is 6.18. The molecule has 1 aromatic carbocycles. The Kier molecular flexibility index (Phi) is 3.23. The van der Waals surface area contributed by atoms with E-state index in [1.54, 1.807) is 0 Å². The topological polar surface area (TPSA) is 55.5 Å². The molecular formula is C13H18ClNO2. The molecule has 0 spiro atoms. The molecule has 0 amide bonds. The van der Waals surface area contributed by atoms with Gasteiger partial charge in [0.15, 0.2) is 11.5 Å². The minimum Gasteiger partial charge on any atom is -0.504 e. The third-order valence-corrected chi connectivity index (χ3v) is 4.31. The van der Waals surface area contributed by atoms with Gasteiger partial charge in [-0.05, 0) is 25.8 Å². The predicted molar refractivity (Wildman–Crippen MR) is 69.0 cm³/mol. The second-order valence-electron chi connectivity index (χ2n) is 4.75. The highest BCUT2D eigenvalue weighted by atomic mass is 35.5. The van der Waals surface area contributed by atoms with Crippen molar-refractivity contribution in [2.24, 2.45) is 5.73 Å². The monoisotopic (exact) mass is 255 g/mol. The van der Waals surface area contributed by atoms with Crippen LogP contribution in [0.3, 0.4) is 0 Å². The van der Waals surface area contributed by atoms with E-state index in [9.17, 15) is 5.11 Å². The summed E-state index contributed by atoms with van der Waals surface area (Å²) in [6, 6.07) is 1.83. The van der Waals surface area contributed by atoms with Crippen LogP contribution < -0.4 is 10.5 Å². The first-order chi connectivity index (χ1) is 8.05. The average Bonchev–Trinajstić information content (AvgIpc) is 2.25. The molecule has 1 aliphatic rings. The Morgan fingerprint density at radius 3 is 2.59 bits per heavy atom. The van der Waals surface area contributed by atoms with E-state index in [0.29, 0.717) is 17.3 Å². The molecule has 0 radical (unpaired) electrons. The smallest absolute Gasteiger partial charge is 0.165 e. The maximum absolute atomic E-state index is 10.3. The number of halogens is 1. The number of hydrogen-bond donors (Lipinski definition) is 2. The molecule has 94 valence electrons. The molecule has 2 rings (SSSR count). The lowest BCUT2D eigenvalue weighted by Gasteiger charge is -2.42. The molecule has 0 atom stereocenters. The van der Waals surface area contributed by atoms with Crippen molar-refractivity contribution in [2.45, 2.75) is 31.6 Å². The molecular weight excluding hydrogens is 238 g/mol. The van der Waals surface area contributed by atoms with Crippen molar-refractivity contribution in [3.05, 3.63) is 22.2 Å². The zero-order valence-corrected chi connectivity index (χ0v) is 11.0. The first-order valence-corrected chi connectivity index (χ1v) is 6.20. The summed E-state index contributed by atoms with van der Waals surface area (Å²) in [5.74, 6) is 0.659. The summed E-state index contributed by atoms with van der Waals surface area (Å²) in [7, 11) is 1.54. The van der Waals surface area contributed by atoms with Crippen molar-refractivity contribution >= 4 is 11.6 Å². The van der Waals surface area contributed by atoms with E-state index in [1.807, 2.05) is 13.0 Å². The normalized spacial score (nSPS) is 17.6. The van der Waals surface area contributed by atoms with Crippen molar-refractivity contribution in [1.82, 2.24) is 0 Å². The van der Waals surface area contributed by atoms with Crippen LogP contribution in [0.25, 0.3) is 0 Å². The van der Waals surface area contributed by atoms with Gasteiger partial charge in [0, 0.05) is 28.1 Å². The number of phenolic OH excluding ortho intramolecular Hbond substituents is 1. The molecule has 0 aromatic heterocycles. The summed E-state index contributed by atoms with van der Waals surface area (Å²) in [6.45, 7) is 2.36. The Labute approximate surface area is 107 Å². The Bertz CT molecular complexity index is 436. The molecule has 1 saturated carbocycles. The van der Waals surface area contributed by atoms with Crippen LogP contribution in [0.2, 0.25) is 5.02 Å². The van der Waals surface area contributed by atoms with Crippen LogP contribution in [0, 0.1) is 6.92 Å². The van der Waals surface area contributed by atoms with Gasteiger partial charge in [-0.3, -0.25) is 0 Å². The Morgan fingerprint density at radius 1 is 1.53 bits per heavy atom. The first-order valence-electron chi connectivity index (χ1n) is 5.82. The van der Waals surface area contributed by atoms with E-state index < -0.39 is 0 Å². The molecule has 3 N–H and O–H groups in total. The maximum Gasteiger partial charge on any atom is 0.165 e. The van der Waals surface area contributed by atoms with E-state index in [-0.39, 0.29) is 11.2 Å². The summed E-state index contributed by atoms with van der Waals surface area (Å²) in [5.41, 5.74) is 7.34. The third-order valence-electron chi connectivity index (χ3n) is 3.92. The first kappa shape index (κ1) is 12.5. The summed E-state index contributed by atoms with van der Waals surface area (Å²) < 4.78 is 5.23. The Hall–Kier alpha value is -0.930. The minimum atomic E-state index is -0.116. The van der Waals surface area contributed by atoms with E-state index >= 15 is 0 Å². The van der Waals surface area contributed by atoms with Crippen molar-refractivity contribution in [3.8, 4) is 11.5 Å². The van der Waals surface area contributed by atoms with Gasteiger partial charge in [-0.15, -0.1) is 0 Å². The molecule has 0 heterocycles. The number of methoxy groups -OCH3 is 1. The number of benzene rings is 1. The van der Waals surface area contributed by atoms with Gasteiger partial charge in [-0.1, -0.05) is 18.0 Å². The zero-order chi connectivity index (χ0) is 12.6. The van der Waals surface area contributed by atoms with Crippen molar-refractivity contribution < 1.29 is 9.84 Å². The number of rotatable bonds is 3. The van der Waals surface area contributed by atoms with Crippen LogP contribution in [-0.4, -0.2) is 18.8 Å². The highest BCUT2D eigenvalue weighted by Gasteiger charge is 2.40. The van der Waals surface area contributed by atoms with E-state index in [4.69, 9.17) is 22.1 Å². The molecule has 0 unspecified atom stereocenters. The number of aromatic hydroxyl groups is 1. The van der Waals surface area contributed by atoms with Crippen LogP contribution in [0.15, 0.2) is 6.07 Å². The quantitative estimate of drug-likeness (QED) is 0.873. The molecule has 3 nitrogen and oxygen atoms in total. The lowest BCUT2D eigenvalue weighted by atomic mass is 9.64. The SMILES string of the molecule is COc1c(C)c(Cl)cc(C2(CN)CCC2)c1O. The lowest BCUT2D eigenvalue weighted by molar-refractivity contribution is 0.242. The van der Waals surface area contributed by atoms with Gasteiger partial charge in [-0.2, -0.15) is 0 Å². The van der Waals surface area contributed by atoms with E-state index in [2.05, 4.69) is 0 Å². The van der Waals surface area contributed by atoms with Crippen molar-refractivity contribution in [3.63, 3.8) is 0 Å². The predicted octanol–water partition coefficient (Wildman–Crippen LogP) is 2.74. The Balaban J connectivity index is 2.58. The van der Waals surface area contributed by atoms with Crippen LogP contribution in [-0.2, 0) is 5.41 Å². The van der Waals surface area contributed by atoms with Gasteiger partial charge in [0.1, 0.15) is 0 Å². The van der Waals surface area contributed by atoms with Crippen molar-refractivity contribution in [1.29, 1.82) is 0 Å². The van der Waals surface area contributed by atoms with Crippen LogP contribution >= 0.6 is 11.6 Å². The number of ether oxygens (including phenoxy) is 1. The molecule has 0 bridgehead atoms. The van der Waals surface area contributed by atoms with Crippen LogP contribution in [0.1, 0.15) is 30.4 Å². The number of phenols is 1. The fraction of sp³-hybridized carbons (Fsp3) is 0.538. The summed E-state index contributed by atoms with van der Waals surface area (Å²) in [6.07, 6.45) is 3.14. The highest BCUT2D eigenvalue weighted by molar-refractivity contribution is 6.31. The van der Waals surface area contributed by atoms with Gasteiger partial charge in [-0.25, -0.2) is 0 Å². The maximum atomic E-state index is 10.3. The van der Waals surface area contributed by atoms with Crippen LogP contribution in [0.4, 0.5) is 0 Å². The summed E-state index contributed by atoms with van der Waals surface area (Å²) in [5, 5.41) is 10.9. The molecule has 0 aliphatic heterocycles. The highest BCUT2D eigenvalue weighted by Crippen LogP contribution is 2.50. The minimum absolute atomic E-state index is 0.116. The molecule has 1 aromatic rings. The standard InChI is InChI=1S/C13H18ClNO2/c1-8-10(14)6-9(11(16)12(8)17-2)13(7-15)4-3-5-13/h6,16H,3-5,7,15H2,1-2H3. The van der Waals surface area contributed by atoms with Crippen LogP contribution in [0.5, 0.6) is 11.5 Å². The van der Waals surface area contributed by atoms with Gasteiger partial charge in [0.25, 0.3) is 0 Å². The fourth-order valence-electron chi connectivity index (χ4n) is 2.55. The zero-order valence-electron chi connectivity index (χ0n) is 10.2. The van der Waals surface area contributed by atoms with Gasteiger partial charge < -0.3 is 15.6 Å². The lowest BCUT2D eigenvalue weighted by Crippen LogP contribution is -2.41. The number of nitrogens with two attached hydrogens (primary N) is 1. The van der Waals surface area contributed by atoms with Gasteiger partial charge in [0.2, 0.25) is 0 Å². The molecule has 17 heavy (non-hydrogen) atoms. The summed E-state index contributed by atoms with van der Waals surface area (Å²) in [4.78, 5) is 0. The van der Waals surface area contributed by atoms with E-state index in [1.165, 1.54) is 7.11 Å². The number of hydrogen-bond acceptors (Lipinski definition) is 3. The third kappa shape index (κ3) is 1.78. The second-order valence-corrected chi connectivity index (χ2v) is 5.16. The van der Waals surface area contributed by atoms with Gasteiger partial charge in [0.05, 0.1) is 7.11 Å². The average molecular weight is 256 g/mol. The van der Waals surface area contributed by atoms with Gasteiger partial charge >= 0.3 is 0 Å². The fourth-order valence-corrected chi connectivity index (χ4v) is 2.75.